The normalized spacial score (nSPS) is 11.2. The van der Waals surface area contributed by atoms with E-state index in [0.29, 0.717) is 12.8 Å². The lowest BCUT2D eigenvalue weighted by Gasteiger charge is -1.87. The molecule has 0 N–H and O–H groups in total. The first-order valence-electron chi connectivity index (χ1n) is 3.99. The summed E-state index contributed by atoms with van der Waals surface area (Å²) in [5, 5.41) is 0. The molecule has 2 nitrogen and oxygen atoms in total. The van der Waals surface area contributed by atoms with Crippen LogP contribution in [0.4, 0.5) is 0 Å². The van der Waals surface area contributed by atoms with Gasteiger partial charge in [0.25, 0.3) is 0 Å². The van der Waals surface area contributed by atoms with Crippen LogP contribution in [0.5, 0.6) is 0 Å². The Labute approximate surface area is 69.5 Å². The van der Waals surface area contributed by atoms with Gasteiger partial charge < -0.3 is 0 Å². The van der Waals surface area contributed by atoms with Gasteiger partial charge in [-0.1, -0.05) is 6.08 Å². The zero-order valence-corrected chi connectivity index (χ0v) is 7.98. The van der Waals surface area contributed by atoms with Crippen molar-refractivity contribution in [3.8, 4) is 0 Å². The second kappa shape index (κ2) is 7.90. The first-order chi connectivity index (χ1) is 5.31. The number of allylic oxidation sites excluding steroid dienone is 1. The molecule has 64 valence electrons. The first-order valence-corrected chi connectivity index (χ1v) is 5.36. The Kier molecular flexibility index (Phi) is 7.76. The minimum Gasteiger partial charge on any atom is -0.147 e. The number of hydrogen-bond donors (Lipinski definition) is 0. The monoisotopic (exact) mass is 175 g/mol. The summed E-state index contributed by atoms with van der Waals surface area (Å²) in [6.45, 7) is 6.02. The molecule has 0 aliphatic heterocycles. The minimum atomic E-state index is -1.38. The second-order valence-electron chi connectivity index (χ2n) is 2.26. The van der Waals surface area contributed by atoms with Crippen LogP contribution < -0.4 is 0 Å². The third-order valence-electron chi connectivity index (χ3n) is 1.27. The van der Waals surface area contributed by atoms with E-state index >= 15 is 0 Å². The molecule has 0 bridgehead atoms. The van der Waals surface area contributed by atoms with Crippen molar-refractivity contribution in [3.05, 3.63) is 12.7 Å². The van der Waals surface area contributed by atoms with Crippen LogP contribution in [0.25, 0.3) is 0 Å². The largest absolute Gasteiger partial charge is 0.508 e. The van der Waals surface area contributed by atoms with Gasteiger partial charge in [0.05, 0.1) is 6.61 Å². The topological polar surface area (TPSA) is 26.3 Å². The highest BCUT2D eigenvalue weighted by Gasteiger charge is 2.13. The zero-order valence-electron chi connectivity index (χ0n) is 7.08. The van der Waals surface area contributed by atoms with Gasteiger partial charge in [-0.2, -0.15) is 0 Å². The lowest BCUT2D eigenvalue weighted by molar-refractivity contribution is 0.349. The van der Waals surface area contributed by atoms with Gasteiger partial charge in [-0.15, -0.1) is 11.1 Å². The summed E-state index contributed by atoms with van der Waals surface area (Å²) in [5.41, 5.74) is 0. The molecule has 0 aliphatic rings. The molecule has 3 heteroatoms. The van der Waals surface area contributed by atoms with Crippen molar-refractivity contribution in [1.29, 1.82) is 0 Å². The first kappa shape index (κ1) is 10.8. The van der Waals surface area contributed by atoms with Gasteiger partial charge in [-0.25, -0.2) is 0 Å². The van der Waals surface area contributed by atoms with Crippen LogP contribution in [-0.4, -0.2) is 12.8 Å². The molecule has 0 heterocycles. The molecule has 0 radical (unpaired) electrons. The van der Waals surface area contributed by atoms with Crippen molar-refractivity contribution >= 4 is 8.03 Å². The van der Waals surface area contributed by atoms with E-state index in [0.717, 1.165) is 19.3 Å². The van der Waals surface area contributed by atoms with E-state index in [9.17, 15) is 4.57 Å². The Hall–Kier alpha value is -0.200. The van der Waals surface area contributed by atoms with Gasteiger partial charge >= 0.3 is 8.03 Å². The van der Waals surface area contributed by atoms with Gasteiger partial charge in [0, 0.05) is 0 Å². The Morgan fingerprint density at radius 3 is 2.82 bits per heavy atom. The van der Waals surface area contributed by atoms with Gasteiger partial charge in [-0.3, -0.25) is 0 Å². The fraction of sp³-hybridized carbons (Fsp3) is 0.750. The number of rotatable bonds is 7. The van der Waals surface area contributed by atoms with Crippen LogP contribution >= 0.6 is 8.03 Å². The maximum atomic E-state index is 10.9. The van der Waals surface area contributed by atoms with E-state index in [1.165, 1.54) is 0 Å². The van der Waals surface area contributed by atoms with Crippen LogP contribution in [0, 0.1) is 0 Å². The summed E-state index contributed by atoms with van der Waals surface area (Å²) in [7, 11) is -1.38. The van der Waals surface area contributed by atoms with Crippen molar-refractivity contribution in [2.45, 2.75) is 26.2 Å². The minimum absolute atomic E-state index is 0.552. The molecule has 1 unspecified atom stereocenters. The zero-order chi connectivity index (χ0) is 8.53. The van der Waals surface area contributed by atoms with E-state index in [1.807, 2.05) is 13.0 Å². The standard InChI is InChI=1S/C8H16O2P/c1-3-5-6-7-8-11(9)10-4-2/h3H,1,4-8H2,2H3/q+1. The smallest absolute Gasteiger partial charge is 0.147 e. The fourth-order valence-electron chi connectivity index (χ4n) is 0.738. The highest BCUT2D eigenvalue weighted by atomic mass is 31.1. The molecule has 1 atom stereocenters. The van der Waals surface area contributed by atoms with Crippen LogP contribution in [0.3, 0.4) is 0 Å². The predicted molar refractivity (Wildman–Crippen MR) is 48.1 cm³/mol. The van der Waals surface area contributed by atoms with Crippen molar-refractivity contribution in [3.63, 3.8) is 0 Å². The highest BCUT2D eigenvalue weighted by molar-refractivity contribution is 7.39. The van der Waals surface area contributed by atoms with E-state index in [-0.39, 0.29) is 0 Å². The summed E-state index contributed by atoms with van der Waals surface area (Å²) >= 11 is 0. The summed E-state index contributed by atoms with van der Waals surface area (Å²) in [6, 6.07) is 0. The Bertz CT molecular complexity index is 123. The van der Waals surface area contributed by atoms with E-state index in [4.69, 9.17) is 4.52 Å². The van der Waals surface area contributed by atoms with Crippen molar-refractivity contribution in [2.75, 3.05) is 12.8 Å². The molecule has 11 heavy (non-hydrogen) atoms. The van der Waals surface area contributed by atoms with E-state index in [1.54, 1.807) is 0 Å². The Morgan fingerprint density at radius 2 is 2.27 bits per heavy atom. The molecule has 0 aromatic heterocycles. The Balaban J connectivity index is 3.10. The molecular weight excluding hydrogens is 159 g/mol. The molecule has 0 saturated carbocycles. The molecule has 0 saturated heterocycles. The lowest BCUT2D eigenvalue weighted by atomic mass is 10.2. The third-order valence-corrected chi connectivity index (χ3v) is 2.50. The summed E-state index contributed by atoms with van der Waals surface area (Å²) in [4.78, 5) is 0. The summed E-state index contributed by atoms with van der Waals surface area (Å²) in [5.74, 6) is 0. The molecular formula is C8H16O2P+. The average molecular weight is 175 g/mol. The number of hydrogen-bond acceptors (Lipinski definition) is 2. The van der Waals surface area contributed by atoms with Crippen LogP contribution in [0.15, 0.2) is 12.7 Å². The van der Waals surface area contributed by atoms with Crippen molar-refractivity contribution < 1.29 is 9.09 Å². The number of unbranched alkanes of at least 4 members (excludes halogenated alkanes) is 2. The van der Waals surface area contributed by atoms with E-state index < -0.39 is 8.03 Å². The molecule has 0 rings (SSSR count). The molecule has 0 spiro atoms. The summed E-state index contributed by atoms with van der Waals surface area (Å²) < 4.78 is 15.8. The maximum Gasteiger partial charge on any atom is 0.508 e. The van der Waals surface area contributed by atoms with Gasteiger partial charge in [0.2, 0.25) is 0 Å². The quantitative estimate of drug-likeness (QED) is 0.337. The summed E-state index contributed by atoms with van der Waals surface area (Å²) in [6.07, 6.45) is 5.62. The Morgan fingerprint density at radius 1 is 1.55 bits per heavy atom. The van der Waals surface area contributed by atoms with Crippen LogP contribution in [0.2, 0.25) is 0 Å². The van der Waals surface area contributed by atoms with Gasteiger partial charge in [-0.05, 0) is 30.8 Å². The average Bonchev–Trinajstić information content (AvgIpc) is 1.99. The van der Waals surface area contributed by atoms with Gasteiger partial charge in [0.1, 0.15) is 0 Å². The molecule has 0 amide bonds. The lowest BCUT2D eigenvalue weighted by Crippen LogP contribution is -1.83. The van der Waals surface area contributed by atoms with Crippen LogP contribution in [0.1, 0.15) is 26.2 Å². The van der Waals surface area contributed by atoms with Crippen molar-refractivity contribution in [2.24, 2.45) is 0 Å². The molecule has 0 aromatic rings. The maximum absolute atomic E-state index is 10.9. The SMILES string of the molecule is C=CCCCC[P+](=O)OCC. The van der Waals surface area contributed by atoms with Gasteiger partial charge in [0.15, 0.2) is 6.16 Å². The second-order valence-corrected chi connectivity index (χ2v) is 3.63. The molecule has 0 aromatic carbocycles. The molecule has 0 fully saturated rings. The predicted octanol–water partition coefficient (Wildman–Crippen LogP) is 3.12. The molecule has 0 aliphatic carbocycles. The third kappa shape index (κ3) is 7.70. The highest BCUT2D eigenvalue weighted by Crippen LogP contribution is 2.23. The van der Waals surface area contributed by atoms with E-state index in [2.05, 4.69) is 6.58 Å². The van der Waals surface area contributed by atoms with Crippen molar-refractivity contribution in [1.82, 2.24) is 0 Å². The van der Waals surface area contributed by atoms with Crippen LogP contribution in [-0.2, 0) is 9.09 Å². The fourth-order valence-corrected chi connectivity index (χ4v) is 1.64.